The van der Waals surface area contributed by atoms with Gasteiger partial charge < -0.3 is 15.8 Å². The molecule has 5 heteroatoms. The molecule has 0 saturated carbocycles. The lowest BCUT2D eigenvalue weighted by Crippen LogP contribution is -2.37. The number of hydrogen-bond donors (Lipinski definition) is 2. The number of allylic oxidation sites excluding steroid dienone is 1. The maximum absolute atomic E-state index is 12.1. The van der Waals surface area contributed by atoms with Crippen molar-refractivity contribution >= 4 is 11.9 Å². The van der Waals surface area contributed by atoms with Crippen LogP contribution in [0.1, 0.15) is 25.5 Å². The number of hydrogen-bond acceptors (Lipinski definition) is 5. The molecule has 19 heavy (non-hydrogen) atoms. The number of nitrogens with zero attached hydrogens (tertiary/aromatic N) is 1. The van der Waals surface area contributed by atoms with E-state index in [4.69, 9.17) is 10.5 Å². The van der Waals surface area contributed by atoms with Crippen LogP contribution in [0.15, 0.2) is 46.6 Å². The van der Waals surface area contributed by atoms with E-state index < -0.39 is 6.04 Å². The van der Waals surface area contributed by atoms with Crippen molar-refractivity contribution in [3.05, 3.63) is 47.2 Å². The average Bonchev–Trinajstić information content (AvgIpc) is 2.39. The number of carbonyl (C=O) groups is 1. The smallest absolute Gasteiger partial charge is 0.338 e. The monoisotopic (exact) mass is 259 g/mol. The minimum absolute atomic E-state index is 0.305. The van der Waals surface area contributed by atoms with Crippen LogP contribution in [-0.2, 0) is 9.53 Å². The third-order valence-electron chi connectivity index (χ3n) is 2.87. The molecule has 0 amide bonds. The van der Waals surface area contributed by atoms with Crippen molar-refractivity contribution in [2.75, 3.05) is 6.61 Å². The maximum atomic E-state index is 12.1. The minimum atomic E-state index is -0.415. The van der Waals surface area contributed by atoms with E-state index in [9.17, 15) is 4.79 Å². The lowest BCUT2D eigenvalue weighted by molar-refractivity contribution is -0.138. The zero-order chi connectivity index (χ0) is 13.8. The number of aliphatic imine (C=N–C) groups is 1. The number of esters is 1. The summed E-state index contributed by atoms with van der Waals surface area (Å²) in [6, 6.07) is 9.14. The van der Waals surface area contributed by atoms with Gasteiger partial charge >= 0.3 is 5.97 Å². The van der Waals surface area contributed by atoms with Crippen LogP contribution in [0.4, 0.5) is 0 Å². The van der Waals surface area contributed by atoms with E-state index in [0.717, 1.165) is 5.56 Å². The predicted molar refractivity (Wildman–Crippen MR) is 73.3 cm³/mol. The summed E-state index contributed by atoms with van der Waals surface area (Å²) in [6.07, 6.45) is 0. The Labute approximate surface area is 112 Å². The van der Waals surface area contributed by atoms with E-state index in [0.29, 0.717) is 23.8 Å². The highest BCUT2D eigenvalue weighted by molar-refractivity contribution is 5.94. The molecular formula is C14H17N3O2. The zero-order valence-electron chi connectivity index (χ0n) is 11.0. The number of nitrogens with two attached hydrogens (primary N) is 1. The van der Waals surface area contributed by atoms with Gasteiger partial charge in [-0.2, -0.15) is 0 Å². The summed E-state index contributed by atoms with van der Waals surface area (Å²) in [4.78, 5) is 16.4. The highest BCUT2D eigenvalue weighted by Crippen LogP contribution is 2.30. The van der Waals surface area contributed by atoms with Crippen LogP contribution < -0.4 is 11.1 Å². The van der Waals surface area contributed by atoms with Gasteiger partial charge in [0.15, 0.2) is 5.96 Å². The SMILES string of the molecule is CCOC(=O)C1=C(C)NC(N)=N[C@H]1c1ccccc1. The summed E-state index contributed by atoms with van der Waals surface area (Å²) in [7, 11) is 0. The number of carbonyl (C=O) groups excluding carboxylic acids is 1. The normalized spacial score (nSPS) is 18.6. The first-order chi connectivity index (χ1) is 9.13. The average molecular weight is 259 g/mol. The molecule has 0 aliphatic carbocycles. The third-order valence-corrected chi connectivity index (χ3v) is 2.87. The molecule has 0 bridgehead atoms. The number of nitrogens with one attached hydrogen (secondary N) is 1. The number of guanidine groups is 1. The standard InChI is InChI=1S/C14H17N3O2/c1-3-19-13(18)11-9(2)16-14(15)17-12(11)10-7-5-4-6-8-10/h4-8,12H,3H2,1-2H3,(H3,15,16,17)/t12-/m0/s1. The van der Waals surface area contributed by atoms with Crippen molar-refractivity contribution in [2.45, 2.75) is 19.9 Å². The Morgan fingerprint density at radius 3 is 2.74 bits per heavy atom. The van der Waals surface area contributed by atoms with Crippen molar-refractivity contribution in [3.8, 4) is 0 Å². The lowest BCUT2D eigenvalue weighted by atomic mass is 9.96. The first-order valence-electron chi connectivity index (χ1n) is 6.16. The van der Waals surface area contributed by atoms with E-state index in [1.54, 1.807) is 13.8 Å². The Bertz CT molecular complexity index is 535. The van der Waals surface area contributed by atoms with Crippen LogP contribution in [-0.4, -0.2) is 18.5 Å². The summed E-state index contributed by atoms with van der Waals surface area (Å²) in [5.74, 6) is -0.0583. The zero-order valence-corrected chi connectivity index (χ0v) is 11.0. The second-order valence-electron chi connectivity index (χ2n) is 4.21. The summed E-state index contributed by atoms with van der Waals surface area (Å²) in [5.41, 5.74) is 7.84. The van der Waals surface area contributed by atoms with Crippen LogP contribution in [0.25, 0.3) is 0 Å². The molecule has 0 radical (unpaired) electrons. The molecule has 0 fully saturated rings. The Morgan fingerprint density at radius 2 is 2.11 bits per heavy atom. The van der Waals surface area contributed by atoms with E-state index in [1.165, 1.54) is 0 Å². The van der Waals surface area contributed by atoms with Crippen LogP contribution in [0.2, 0.25) is 0 Å². The summed E-state index contributed by atoms with van der Waals surface area (Å²) < 4.78 is 5.09. The van der Waals surface area contributed by atoms with Gasteiger partial charge in [-0.25, -0.2) is 9.79 Å². The van der Waals surface area contributed by atoms with Crippen molar-refractivity contribution in [2.24, 2.45) is 10.7 Å². The fourth-order valence-electron chi connectivity index (χ4n) is 2.05. The van der Waals surface area contributed by atoms with Gasteiger partial charge in [0.25, 0.3) is 0 Å². The minimum Gasteiger partial charge on any atom is -0.463 e. The van der Waals surface area contributed by atoms with E-state index in [-0.39, 0.29) is 5.97 Å². The molecule has 2 rings (SSSR count). The maximum Gasteiger partial charge on any atom is 0.338 e. The molecule has 0 saturated heterocycles. The fraction of sp³-hybridized carbons (Fsp3) is 0.286. The molecule has 0 spiro atoms. The van der Waals surface area contributed by atoms with Crippen molar-refractivity contribution in [1.82, 2.24) is 5.32 Å². The molecule has 1 aromatic rings. The topological polar surface area (TPSA) is 76.7 Å². The van der Waals surface area contributed by atoms with Crippen LogP contribution >= 0.6 is 0 Å². The van der Waals surface area contributed by atoms with E-state index in [2.05, 4.69) is 10.3 Å². The molecule has 1 aliphatic heterocycles. The molecule has 1 aromatic carbocycles. The highest BCUT2D eigenvalue weighted by Gasteiger charge is 2.29. The second-order valence-corrected chi connectivity index (χ2v) is 4.21. The fourth-order valence-corrected chi connectivity index (χ4v) is 2.05. The van der Waals surface area contributed by atoms with Gasteiger partial charge in [-0.15, -0.1) is 0 Å². The summed E-state index contributed by atoms with van der Waals surface area (Å²) in [5, 5.41) is 2.87. The number of benzene rings is 1. The molecule has 3 N–H and O–H groups in total. The molecule has 0 aromatic heterocycles. The quantitative estimate of drug-likeness (QED) is 0.806. The molecule has 0 unspecified atom stereocenters. The van der Waals surface area contributed by atoms with Crippen LogP contribution in [0.3, 0.4) is 0 Å². The number of ether oxygens (including phenoxy) is 1. The van der Waals surface area contributed by atoms with Crippen LogP contribution in [0.5, 0.6) is 0 Å². The first-order valence-corrected chi connectivity index (χ1v) is 6.16. The van der Waals surface area contributed by atoms with Gasteiger partial charge in [-0.1, -0.05) is 30.3 Å². The third kappa shape index (κ3) is 2.76. The van der Waals surface area contributed by atoms with Gasteiger partial charge in [-0.05, 0) is 19.4 Å². The van der Waals surface area contributed by atoms with Gasteiger partial charge in [0.05, 0.1) is 12.2 Å². The molecule has 1 aliphatic rings. The van der Waals surface area contributed by atoms with Crippen molar-refractivity contribution < 1.29 is 9.53 Å². The summed E-state index contributed by atoms with van der Waals surface area (Å²) >= 11 is 0. The largest absolute Gasteiger partial charge is 0.463 e. The lowest BCUT2D eigenvalue weighted by Gasteiger charge is -2.24. The van der Waals surface area contributed by atoms with E-state index >= 15 is 0 Å². The van der Waals surface area contributed by atoms with Crippen molar-refractivity contribution in [1.29, 1.82) is 0 Å². The Balaban J connectivity index is 2.42. The number of rotatable bonds is 3. The Morgan fingerprint density at radius 1 is 1.42 bits per heavy atom. The molecule has 1 atom stereocenters. The predicted octanol–water partition coefficient (Wildman–Crippen LogP) is 1.48. The first kappa shape index (κ1) is 13.1. The van der Waals surface area contributed by atoms with Crippen molar-refractivity contribution in [3.63, 3.8) is 0 Å². The van der Waals surface area contributed by atoms with Gasteiger partial charge in [0.1, 0.15) is 6.04 Å². The Hall–Kier alpha value is -2.30. The molecular weight excluding hydrogens is 242 g/mol. The molecule has 100 valence electrons. The highest BCUT2D eigenvalue weighted by atomic mass is 16.5. The van der Waals surface area contributed by atoms with E-state index in [1.807, 2.05) is 30.3 Å². The summed E-state index contributed by atoms with van der Waals surface area (Å²) in [6.45, 7) is 3.90. The molecule has 5 nitrogen and oxygen atoms in total. The van der Waals surface area contributed by atoms with Crippen LogP contribution in [0, 0.1) is 0 Å². The van der Waals surface area contributed by atoms with Gasteiger partial charge in [0, 0.05) is 5.70 Å². The van der Waals surface area contributed by atoms with Gasteiger partial charge in [0.2, 0.25) is 0 Å². The Kier molecular flexibility index (Phi) is 3.85. The second kappa shape index (κ2) is 5.56. The van der Waals surface area contributed by atoms with Gasteiger partial charge in [-0.3, -0.25) is 0 Å². The molecule has 1 heterocycles.